The van der Waals surface area contributed by atoms with E-state index in [9.17, 15) is 14.4 Å². The van der Waals surface area contributed by atoms with Crippen molar-refractivity contribution in [2.24, 2.45) is 0 Å². The average molecular weight is 358 g/mol. The number of halogens is 1. The minimum absolute atomic E-state index is 0.104. The summed E-state index contributed by atoms with van der Waals surface area (Å²) in [6.45, 7) is 2.28. The Hall–Kier alpha value is -2.09. The van der Waals surface area contributed by atoms with Crippen molar-refractivity contribution in [3.63, 3.8) is 0 Å². The van der Waals surface area contributed by atoms with Crippen LogP contribution in [-0.2, 0) is 4.79 Å². The fourth-order valence-electron chi connectivity index (χ4n) is 1.38. The molecule has 0 saturated carbocycles. The second kappa shape index (κ2) is 7.63. The standard InChI is InChI=1S/C13H16BrN3O4/c1-3-17(2)11(18)7-15-13(21)16-10-5-4-8(12(19)20)6-9(10)14/h4-6H,3,7H2,1-2H3,(H,19,20)(H2,15,16,21). The summed E-state index contributed by atoms with van der Waals surface area (Å²) in [6.07, 6.45) is 0. The van der Waals surface area contributed by atoms with Crippen LogP contribution in [0.4, 0.5) is 10.5 Å². The number of nitrogens with one attached hydrogen (secondary N) is 2. The van der Waals surface area contributed by atoms with E-state index in [0.717, 1.165) is 0 Å². The van der Waals surface area contributed by atoms with E-state index >= 15 is 0 Å². The first kappa shape index (κ1) is 17.0. The molecule has 0 aromatic heterocycles. The Bertz CT molecular complexity index is 562. The van der Waals surface area contributed by atoms with Crippen molar-refractivity contribution in [3.8, 4) is 0 Å². The monoisotopic (exact) mass is 357 g/mol. The van der Waals surface area contributed by atoms with Crippen LogP contribution in [0.15, 0.2) is 22.7 Å². The number of benzene rings is 1. The highest BCUT2D eigenvalue weighted by Crippen LogP contribution is 2.23. The first-order valence-electron chi connectivity index (χ1n) is 6.16. The number of carboxylic acid groups (broad SMARTS) is 1. The van der Waals surface area contributed by atoms with E-state index in [-0.39, 0.29) is 18.0 Å². The topological polar surface area (TPSA) is 98.7 Å². The Balaban J connectivity index is 2.59. The van der Waals surface area contributed by atoms with Gasteiger partial charge in [0.05, 0.1) is 17.8 Å². The summed E-state index contributed by atoms with van der Waals surface area (Å²) in [5.41, 5.74) is 0.515. The van der Waals surface area contributed by atoms with E-state index in [1.54, 1.807) is 7.05 Å². The van der Waals surface area contributed by atoms with Crippen LogP contribution >= 0.6 is 15.9 Å². The number of carbonyl (C=O) groups is 3. The van der Waals surface area contributed by atoms with Crippen LogP contribution in [0.25, 0.3) is 0 Å². The molecule has 0 atom stereocenters. The summed E-state index contributed by atoms with van der Waals surface area (Å²) in [5, 5.41) is 13.8. The van der Waals surface area contributed by atoms with Gasteiger partial charge in [-0.25, -0.2) is 9.59 Å². The van der Waals surface area contributed by atoms with Gasteiger partial charge in [-0.2, -0.15) is 0 Å². The second-order valence-electron chi connectivity index (χ2n) is 4.22. The van der Waals surface area contributed by atoms with Crippen molar-refractivity contribution in [1.82, 2.24) is 10.2 Å². The number of carbonyl (C=O) groups excluding carboxylic acids is 2. The zero-order valence-electron chi connectivity index (χ0n) is 11.6. The number of likely N-dealkylation sites (N-methyl/N-ethyl adjacent to an activating group) is 1. The highest BCUT2D eigenvalue weighted by molar-refractivity contribution is 9.10. The van der Waals surface area contributed by atoms with Crippen LogP contribution < -0.4 is 10.6 Å². The molecule has 0 saturated heterocycles. The fourth-order valence-corrected chi connectivity index (χ4v) is 1.86. The largest absolute Gasteiger partial charge is 0.478 e. The summed E-state index contributed by atoms with van der Waals surface area (Å²) in [5.74, 6) is -1.26. The van der Waals surface area contributed by atoms with E-state index in [1.165, 1.54) is 23.1 Å². The van der Waals surface area contributed by atoms with Crippen molar-refractivity contribution < 1.29 is 19.5 Å². The van der Waals surface area contributed by atoms with E-state index in [4.69, 9.17) is 5.11 Å². The lowest BCUT2D eigenvalue weighted by atomic mass is 10.2. The van der Waals surface area contributed by atoms with Gasteiger partial charge in [-0.15, -0.1) is 0 Å². The summed E-state index contributed by atoms with van der Waals surface area (Å²) in [6, 6.07) is 3.68. The van der Waals surface area contributed by atoms with Crippen molar-refractivity contribution >= 4 is 39.5 Å². The third-order valence-corrected chi connectivity index (χ3v) is 3.42. The number of aromatic carboxylic acids is 1. The number of anilines is 1. The predicted octanol–water partition coefficient (Wildman–Crippen LogP) is 1.75. The summed E-state index contributed by atoms with van der Waals surface area (Å²) in [7, 11) is 1.64. The summed E-state index contributed by atoms with van der Waals surface area (Å²) >= 11 is 3.18. The van der Waals surface area contributed by atoms with E-state index in [2.05, 4.69) is 26.6 Å². The molecule has 114 valence electrons. The maximum Gasteiger partial charge on any atom is 0.335 e. The first-order valence-corrected chi connectivity index (χ1v) is 6.96. The average Bonchev–Trinajstić information content (AvgIpc) is 2.45. The Morgan fingerprint density at radius 2 is 2.00 bits per heavy atom. The van der Waals surface area contributed by atoms with Crippen LogP contribution in [0.3, 0.4) is 0 Å². The molecule has 3 N–H and O–H groups in total. The van der Waals surface area contributed by atoms with Gasteiger partial charge in [0.15, 0.2) is 0 Å². The van der Waals surface area contributed by atoms with E-state index < -0.39 is 12.0 Å². The molecule has 21 heavy (non-hydrogen) atoms. The molecule has 7 nitrogen and oxygen atoms in total. The lowest BCUT2D eigenvalue weighted by Crippen LogP contribution is -2.39. The highest BCUT2D eigenvalue weighted by atomic mass is 79.9. The SMILES string of the molecule is CCN(C)C(=O)CNC(=O)Nc1ccc(C(=O)O)cc1Br. The van der Waals surface area contributed by atoms with Gasteiger partial charge in [0.1, 0.15) is 0 Å². The Morgan fingerprint density at radius 3 is 2.52 bits per heavy atom. The minimum Gasteiger partial charge on any atom is -0.478 e. The molecule has 0 aliphatic carbocycles. The zero-order chi connectivity index (χ0) is 16.0. The van der Waals surface area contributed by atoms with Crippen LogP contribution in [0.1, 0.15) is 17.3 Å². The number of hydrogen-bond donors (Lipinski definition) is 3. The molecular weight excluding hydrogens is 342 g/mol. The lowest BCUT2D eigenvalue weighted by Gasteiger charge is -2.15. The molecule has 0 unspecified atom stereocenters. The molecule has 3 amide bonds. The molecule has 8 heteroatoms. The lowest BCUT2D eigenvalue weighted by molar-refractivity contribution is -0.128. The van der Waals surface area contributed by atoms with Crippen LogP contribution in [0.2, 0.25) is 0 Å². The molecule has 0 fully saturated rings. The van der Waals surface area contributed by atoms with Gasteiger partial charge in [0, 0.05) is 18.1 Å². The number of nitrogens with zero attached hydrogens (tertiary/aromatic N) is 1. The van der Waals surface area contributed by atoms with E-state index in [0.29, 0.717) is 16.7 Å². The van der Waals surface area contributed by atoms with Crippen molar-refractivity contribution in [3.05, 3.63) is 28.2 Å². The number of urea groups is 1. The maximum atomic E-state index is 11.7. The molecule has 0 aliphatic heterocycles. The first-order chi connectivity index (χ1) is 9.85. The smallest absolute Gasteiger partial charge is 0.335 e. The van der Waals surface area contributed by atoms with Crippen molar-refractivity contribution in [2.75, 3.05) is 25.5 Å². The molecule has 1 aromatic carbocycles. The number of amides is 3. The predicted molar refractivity (Wildman–Crippen MR) is 81.4 cm³/mol. The summed E-state index contributed by atoms with van der Waals surface area (Å²) < 4.78 is 0.439. The van der Waals surface area contributed by atoms with Gasteiger partial charge >= 0.3 is 12.0 Å². The number of hydrogen-bond acceptors (Lipinski definition) is 3. The molecule has 0 aliphatic rings. The third kappa shape index (κ3) is 5.07. The van der Waals surface area contributed by atoms with Gasteiger partial charge in [0.25, 0.3) is 0 Å². The molecule has 0 radical (unpaired) electrons. The van der Waals surface area contributed by atoms with Gasteiger partial charge in [-0.1, -0.05) is 0 Å². The van der Waals surface area contributed by atoms with Gasteiger partial charge in [0.2, 0.25) is 5.91 Å². The molecular formula is C13H16BrN3O4. The molecule has 1 rings (SSSR count). The maximum absolute atomic E-state index is 11.7. The Morgan fingerprint density at radius 1 is 1.33 bits per heavy atom. The third-order valence-electron chi connectivity index (χ3n) is 2.76. The Kier molecular flexibility index (Phi) is 6.16. The van der Waals surface area contributed by atoms with Gasteiger partial charge in [-0.3, -0.25) is 4.79 Å². The van der Waals surface area contributed by atoms with Crippen LogP contribution in [-0.4, -0.2) is 48.1 Å². The zero-order valence-corrected chi connectivity index (χ0v) is 13.2. The molecule has 0 heterocycles. The van der Waals surface area contributed by atoms with Gasteiger partial charge < -0.3 is 20.6 Å². The van der Waals surface area contributed by atoms with Gasteiger partial charge in [-0.05, 0) is 41.1 Å². The molecule has 0 bridgehead atoms. The van der Waals surface area contributed by atoms with E-state index in [1.807, 2.05) is 6.92 Å². The number of carboxylic acids is 1. The Labute approximate surface area is 130 Å². The highest BCUT2D eigenvalue weighted by Gasteiger charge is 2.11. The minimum atomic E-state index is -1.06. The molecule has 1 aromatic rings. The number of rotatable bonds is 5. The quantitative estimate of drug-likeness (QED) is 0.747. The normalized spacial score (nSPS) is 9.86. The fraction of sp³-hybridized carbons (Fsp3) is 0.308. The van der Waals surface area contributed by atoms with Crippen LogP contribution in [0.5, 0.6) is 0 Å². The molecule has 0 spiro atoms. The summed E-state index contributed by atoms with van der Waals surface area (Å²) in [4.78, 5) is 35.5. The second-order valence-corrected chi connectivity index (χ2v) is 5.07. The van der Waals surface area contributed by atoms with Crippen molar-refractivity contribution in [1.29, 1.82) is 0 Å². The van der Waals surface area contributed by atoms with Crippen LogP contribution in [0, 0.1) is 0 Å². The van der Waals surface area contributed by atoms with Crippen molar-refractivity contribution in [2.45, 2.75) is 6.92 Å².